The van der Waals surface area contributed by atoms with Crippen molar-refractivity contribution in [2.24, 2.45) is 5.92 Å². The second-order valence-electron chi connectivity index (χ2n) is 6.95. The fourth-order valence-electron chi connectivity index (χ4n) is 3.27. The van der Waals surface area contributed by atoms with Gasteiger partial charge < -0.3 is 22.0 Å². The van der Waals surface area contributed by atoms with E-state index < -0.39 is 7.25 Å². The third kappa shape index (κ3) is 5.06. The van der Waals surface area contributed by atoms with Crippen molar-refractivity contribution in [1.82, 2.24) is 9.78 Å². The molecule has 2 aromatic rings. The van der Waals surface area contributed by atoms with Crippen LogP contribution in [0.25, 0.3) is 5.69 Å². The lowest BCUT2D eigenvalue weighted by Gasteiger charge is -2.22. The minimum atomic E-state index is -6.00. The first-order chi connectivity index (χ1) is 12.0. The number of benzene rings is 1. The SMILES string of the molecule is Cc1cc(C)c(-n2c[n+]3c(n2)COC[C@H]3C(C)C)c(C)c1.F[B-](F)(F)F. The van der Waals surface area contributed by atoms with Crippen molar-refractivity contribution < 1.29 is 26.6 Å². The Labute approximate surface area is 150 Å². The van der Waals surface area contributed by atoms with Crippen LogP contribution in [0.5, 0.6) is 0 Å². The van der Waals surface area contributed by atoms with E-state index in [1.807, 2.05) is 4.68 Å². The van der Waals surface area contributed by atoms with E-state index >= 15 is 0 Å². The number of hydrogen-bond acceptors (Lipinski definition) is 2. The van der Waals surface area contributed by atoms with Crippen LogP contribution in [0.15, 0.2) is 18.5 Å². The molecule has 1 aliphatic heterocycles. The van der Waals surface area contributed by atoms with Gasteiger partial charge in [0.05, 0.1) is 6.61 Å². The van der Waals surface area contributed by atoms with Gasteiger partial charge in [0.25, 0.3) is 0 Å². The molecule has 144 valence electrons. The summed E-state index contributed by atoms with van der Waals surface area (Å²) in [4.78, 5) is 0. The molecule has 0 aliphatic carbocycles. The van der Waals surface area contributed by atoms with E-state index in [9.17, 15) is 17.3 Å². The minimum Gasteiger partial charge on any atom is -0.418 e. The highest BCUT2D eigenvalue weighted by Gasteiger charge is 2.32. The molecule has 1 aliphatic rings. The van der Waals surface area contributed by atoms with Crippen LogP contribution in [0, 0.1) is 26.7 Å². The molecule has 9 heteroatoms. The summed E-state index contributed by atoms with van der Waals surface area (Å²) in [6.45, 7) is 12.3. The Morgan fingerprint density at radius 2 is 1.69 bits per heavy atom. The molecule has 0 saturated carbocycles. The smallest absolute Gasteiger partial charge is 0.418 e. The molecular formula is C17H24BF4N3O. The van der Waals surface area contributed by atoms with Crippen molar-refractivity contribution in [1.29, 1.82) is 0 Å². The van der Waals surface area contributed by atoms with Crippen molar-refractivity contribution in [3.8, 4) is 5.69 Å². The molecule has 0 N–H and O–H groups in total. The lowest BCUT2D eigenvalue weighted by Crippen LogP contribution is -2.49. The second-order valence-corrected chi connectivity index (χ2v) is 6.95. The lowest BCUT2D eigenvalue weighted by molar-refractivity contribution is -0.749. The zero-order chi connectivity index (χ0) is 19.6. The highest BCUT2D eigenvalue weighted by atomic mass is 19.5. The number of hydrogen-bond donors (Lipinski definition) is 0. The van der Waals surface area contributed by atoms with Crippen molar-refractivity contribution in [3.05, 3.63) is 41.0 Å². The Morgan fingerprint density at radius 3 is 2.19 bits per heavy atom. The molecule has 0 fully saturated rings. The lowest BCUT2D eigenvalue weighted by atomic mass is 10.0. The summed E-state index contributed by atoms with van der Waals surface area (Å²) in [6, 6.07) is 4.79. The van der Waals surface area contributed by atoms with Crippen LogP contribution in [0.4, 0.5) is 17.3 Å². The maximum atomic E-state index is 9.75. The molecule has 2 heterocycles. The molecule has 3 rings (SSSR count). The van der Waals surface area contributed by atoms with E-state index in [1.54, 1.807) is 0 Å². The Balaban J connectivity index is 0.000000431. The molecule has 1 aromatic heterocycles. The first-order valence-corrected chi connectivity index (χ1v) is 8.50. The van der Waals surface area contributed by atoms with Crippen LogP contribution in [0.2, 0.25) is 0 Å². The molecular weight excluding hydrogens is 349 g/mol. The zero-order valence-electron chi connectivity index (χ0n) is 15.6. The van der Waals surface area contributed by atoms with E-state index in [0.717, 1.165) is 12.4 Å². The predicted molar refractivity (Wildman–Crippen MR) is 91.7 cm³/mol. The van der Waals surface area contributed by atoms with Crippen LogP contribution in [-0.4, -0.2) is 23.6 Å². The van der Waals surface area contributed by atoms with Gasteiger partial charge in [-0.25, -0.2) is 4.57 Å². The maximum absolute atomic E-state index is 9.75. The normalized spacial score (nSPS) is 16.9. The van der Waals surface area contributed by atoms with E-state index in [1.165, 1.54) is 22.4 Å². The maximum Gasteiger partial charge on any atom is 0.673 e. The summed E-state index contributed by atoms with van der Waals surface area (Å²) in [7, 11) is -6.00. The van der Waals surface area contributed by atoms with Crippen LogP contribution in [-0.2, 0) is 11.3 Å². The van der Waals surface area contributed by atoms with Gasteiger partial charge in [0.2, 0.25) is 6.33 Å². The Morgan fingerprint density at radius 1 is 1.15 bits per heavy atom. The summed E-state index contributed by atoms with van der Waals surface area (Å²) < 4.78 is 49.0. The number of nitrogens with zero attached hydrogens (tertiary/aromatic N) is 3. The Bertz CT molecular complexity index is 745. The van der Waals surface area contributed by atoms with E-state index in [2.05, 4.69) is 57.6 Å². The number of aromatic nitrogens is 3. The van der Waals surface area contributed by atoms with Crippen molar-refractivity contribution in [2.75, 3.05) is 6.61 Å². The summed E-state index contributed by atoms with van der Waals surface area (Å²) >= 11 is 0. The molecule has 0 radical (unpaired) electrons. The molecule has 0 amide bonds. The van der Waals surface area contributed by atoms with Crippen molar-refractivity contribution in [3.63, 3.8) is 0 Å². The van der Waals surface area contributed by atoms with Crippen molar-refractivity contribution >= 4 is 7.25 Å². The summed E-state index contributed by atoms with van der Waals surface area (Å²) in [5.74, 6) is 1.55. The highest BCUT2D eigenvalue weighted by Crippen LogP contribution is 2.22. The quantitative estimate of drug-likeness (QED) is 0.451. The molecule has 1 aromatic carbocycles. The number of aryl methyl sites for hydroxylation is 3. The van der Waals surface area contributed by atoms with Gasteiger partial charge in [-0.1, -0.05) is 36.2 Å². The van der Waals surface area contributed by atoms with E-state index in [0.29, 0.717) is 18.6 Å². The zero-order valence-corrected chi connectivity index (χ0v) is 15.6. The third-order valence-electron chi connectivity index (χ3n) is 4.27. The first-order valence-electron chi connectivity index (χ1n) is 8.50. The number of ether oxygens (including phenoxy) is 1. The molecule has 0 unspecified atom stereocenters. The number of fused-ring (bicyclic) bond motifs is 1. The van der Waals surface area contributed by atoms with Gasteiger partial charge >= 0.3 is 13.1 Å². The molecule has 0 spiro atoms. The van der Waals surface area contributed by atoms with Crippen LogP contribution < -0.4 is 4.57 Å². The van der Waals surface area contributed by atoms with Crippen LogP contribution in [0.1, 0.15) is 42.4 Å². The van der Waals surface area contributed by atoms with Gasteiger partial charge in [-0.15, -0.1) is 0 Å². The number of rotatable bonds is 2. The summed E-state index contributed by atoms with van der Waals surface area (Å²) in [6.07, 6.45) is 2.13. The monoisotopic (exact) mass is 373 g/mol. The van der Waals surface area contributed by atoms with Crippen LogP contribution in [0.3, 0.4) is 0 Å². The minimum absolute atomic E-state index is 0.369. The molecule has 1 atom stereocenters. The fourth-order valence-corrected chi connectivity index (χ4v) is 3.27. The highest BCUT2D eigenvalue weighted by molar-refractivity contribution is 6.50. The van der Waals surface area contributed by atoms with Gasteiger partial charge in [0, 0.05) is 5.10 Å². The van der Waals surface area contributed by atoms with Gasteiger partial charge in [0.1, 0.15) is 18.3 Å². The van der Waals surface area contributed by atoms with Crippen molar-refractivity contribution in [2.45, 2.75) is 47.3 Å². The summed E-state index contributed by atoms with van der Waals surface area (Å²) in [5.41, 5.74) is 5.00. The second kappa shape index (κ2) is 7.78. The predicted octanol–water partition coefficient (Wildman–Crippen LogP) is 4.11. The van der Waals surface area contributed by atoms with Gasteiger partial charge in [-0.05, 0) is 37.8 Å². The van der Waals surface area contributed by atoms with Crippen LogP contribution >= 0.6 is 0 Å². The molecule has 0 bridgehead atoms. The fraction of sp³-hybridized carbons (Fsp3) is 0.529. The topological polar surface area (TPSA) is 30.9 Å². The Kier molecular flexibility index (Phi) is 6.11. The number of halogens is 4. The third-order valence-corrected chi connectivity index (χ3v) is 4.27. The van der Waals surface area contributed by atoms with Gasteiger partial charge in [-0.2, -0.15) is 0 Å². The van der Waals surface area contributed by atoms with Gasteiger partial charge in [0.15, 0.2) is 0 Å². The standard InChI is InChI=1S/C17H24N3O.BF4/c1-11(2)15-8-21-9-16-18-20(10-19(15)16)17-13(4)6-12(3)7-14(17)5;2-1(3,4)5/h6-7,10-11,15H,8-9H2,1-5H3;/q+1;-1/t15-;/m0./s1. The summed E-state index contributed by atoms with van der Waals surface area (Å²) in [5, 5.41) is 4.76. The van der Waals surface area contributed by atoms with E-state index in [4.69, 9.17) is 9.84 Å². The molecule has 4 nitrogen and oxygen atoms in total. The Hall–Kier alpha value is -1.90. The molecule has 0 saturated heterocycles. The van der Waals surface area contributed by atoms with Gasteiger partial charge in [-0.3, -0.25) is 0 Å². The first kappa shape index (κ1) is 20.4. The average molecular weight is 373 g/mol. The molecule has 26 heavy (non-hydrogen) atoms. The largest absolute Gasteiger partial charge is 0.673 e. The average Bonchev–Trinajstić information content (AvgIpc) is 2.87. The van der Waals surface area contributed by atoms with E-state index in [-0.39, 0.29) is 0 Å².